The highest BCUT2D eigenvalue weighted by Crippen LogP contribution is 2.36. The molecule has 0 aromatic heterocycles. The minimum absolute atomic E-state index is 0.285. The first kappa shape index (κ1) is 17.2. The van der Waals surface area contributed by atoms with Crippen LogP contribution in [0, 0.1) is 6.92 Å². The van der Waals surface area contributed by atoms with E-state index in [0.29, 0.717) is 30.4 Å². The average Bonchev–Trinajstić information content (AvgIpc) is 2.59. The fourth-order valence-electron chi connectivity index (χ4n) is 2.73. The smallest absolute Gasteiger partial charge is 0.203 e. The van der Waals surface area contributed by atoms with Crippen LogP contribution < -0.4 is 19.9 Å². The van der Waals surface area contributed by atoms with Gasteiger partial charge in [-0.2, -0.15) is 0 Å². The summed E-state index contributed by atoms with van der Waals surface area (Å²) in [6.07, 6.45) is 0.849. The number of aryl methyl sites for hydroxylation is 1. The van der Waals surface area contributed by atoms with Gasteiger partial charge in [0, 0.05) is 0 Å². The van der Waals surface area contributed by atoms with Gasteiger partial charge in [-0.25, -0.2) is 0 Å². The lowest BCUT2D eigenvalue weighted by molar-refractivity contribution is 0.272. The normalized spacial score (nSPS) is 11.8. The highest BCUT2D eigenvalue weighted by molar-refractivity contribution is 5.51. The molecule has 0 aliphatic rings. The van der Waals surface area contributed by atoms with Crippen LogP contribution in [0.1, 0.15) is 23.5 Å². The molecule has 0 radical (unpaired) electrons. The Hall–Kier alpha value is -2.20. The Labute approximate surface area is 138 Å². The lowest BCUT2D eigenvalue weighted by Gasteiger charge is -2.19. The number of rotatable bonds is 8. The molecule has 23 heavy (non-hydrogen) atoms. The summed E-state index contributed by atoms with van der Waals surface area (Å²) in [4.78, 5) is 0. The van der Waals surface area contributed by atoms with Crippen molar-refractivity contribution in [3.8, 4) is 17.2 Å². The Morgan fingerprint density at radius 3 is 2.35 bits per heavy atom. The monoisotopic (exact) mass is 315 g/mol. The van der Waals surface area contributed by atoms with E-state index in [2.05, 4.69) is 25.1 Å². The maximum Gasteiger partial charge on any atom is 0.203 e. The van der Waals surface area contributed by atoms with Gasteiger partial charge >= 0.3 is 0 Å². The van der Waals surface area contributed by atoms with Crippen LogP contribution >= 0.6 is 0 Å². The van der Waals surface area contributed by atoms with E-state index in [-0.39, 0.29) is 5.92 Å². The largest absolute Gasteiger partial charge is 0.493 e. The predicted molar refractivity (Wildman–Crippen MR) is 92.6 cm³/mol. The van der Waals surface area contributed by atoms with E-state index in [1.165, 1.54) is 11.1 Å². The maximum atomic E-state index is 5.95. The van der Waals surface area contributed by atoms with E-state index in [4.69, 9.17) is 19.9 Å². The van der Waals surface area contributed by atoms with E-state index in [1.807, 2.05) is 24.3 Å². The summed E-state index contributed by atoms with van der Waals surface area (Å²) in [7, 11) is 3.23. The SMILES string of the molecule is COc1cccc(OCCC(CN)c2ccccc2C)c1OC. The lowest BCUT2D eigenvalue weighted by atomic mass is 9.92. The van der Waals surface area contributed by atoms with Crippen molar-refractivity contribution >= 4 is 0 Å². The molecule has 0 spiro atoms. The number of para-hydroxylation sites is 1. The molecule has 4 nitrogen and oxygen atoms in total. The van der Waals surface area contributed by atoms with E-state index in [0.717, 1.165) is 6.42 Å². The number of benzene rings is 2. The molecular weight excluding hydrogens is 290 g/mol. The fraction of sp³-hybridized carbons (Fsp3) is 0.368. The fourth-order valence-corrected chi connectivity index (χ4v) is 2.73. The van der Waals surface area contributed by atoms with Crippen molar-refractivity contribution in [2.45, 2.75) is 19.3 Å². The van der Waals surface area contributed by atoms with Crippen LogP contribution in [0.5, 0.6) is 17.2 Å². The first-order valence-electron chi connectivity index (χ1n) is 7.80. The molecular formula is C19H25NO3. The van der Waals surface area contributed by atoms with Gasteiger partial charge in [-0.1, -0.05) is 30.3 Å². The summed E-state index contributed by atoms with van der Waals surface area (Å²) in [5.74, 6) is 2.26. The van der Waals surface area contributed by atoms with Gasteiger partial charge in [0.25, 0.3) is 0 Å². The summed E-state index contributed by atoms with van der Waals surface area (Å²) in [5.41, 5.74) is 8.51. The summed E-state index contributed by atoms with van der Waals surface area (Å²) in [5, 5.41) is 0. The van der Waals surface area contributed by atoms with Crippen LogP contribution in [0.25, 0.3) is 0 Å². The molecule has 2 aromatic rings. The highest BCUT2D eigenvalue weighted by atomic mass is 16.5. The second-order valence-corrected chi connectivity index (χ2v) is 5.42. The summed E-state index contributed by atoms with van der Waals surface area (Å²) < 4.78 is 16.6. The van der Waals surface area contributed by atoms with Gasteiger partial charge in [0.1, 0.15) is 0 Å². The van der Waals surface area contributed by atoms with E-state index in [9.17, 15) is 0 Å². The minimum atomic E-state index is 0.285. The van der Waals surface area contributed by atoms with Crippen LogP contribution in [-0.4, -0.2) is 27.4 Å². The third kappa shape index (κ3) is 4.17. The van der Waals surface area contributed by atoms with Gasteiger partial charge < -0.3 is 19.9 Å². The predicted octanol–water partition coefficient (Wildman–Crippen LogP) is 3.52. The molecule has 0 aliphatic carbocycles. The first-order valence-corrected chi connectivity index (χ1v) is 7.80. The topological polar surface area (TPSA) is 53.7 Å². The Morgan fingerprint density at radius 1 is 0.957 bits per heavy atom. The number of methoxy groups -OCH3 is 2. The summed E-state index contributed by atoms with van der Waals surface area (Å²) >= 11 is 0. The average molecular weight is 315 g/mol. The molecule has 0 aliphatic heterocycles. The molecule has 0 fully saturated rings. The minimum Gasteiger partial charge on any atom is -0.493 e. The molecule has 0 amide bonds. The molecule has 0 saturated carbocycles. The Morgan fingerprint density at radius 2 is 1.70 bits per heavy atom. The molecule has 124 valence electrons. The Kier molecular flexibility index (Phi) is 6.29. The van der Waals surface area contributed by atoms with E-state index in [1.54, 1.807) is 14.2 Å². The van der Waals surface area contributed by atoms with Crippen LogP contribution in [-0.2, 0) is 0 Å². The first-order chi connectivity index (χ1) is 11.2. The van der Waals surface area contributed by atoms with Crippen molar-refractivity contribution in [1.29, 1.82) is 0 Å². The van der Waals surface area contributed by atoms with Gasteiger partial charge in [0.2, 0.25) is 5.75 Å². The number of ether oxygens (including phenoxy) is 3. The standard InChI is InChI=1S/C19H25NO3/c1-14-7-4-5-8-16(14)15(13-20)11-12-23-18-10-6-9-17(21-2)19(18)22-3/h4-10,15H,11-13,20H2,1-3H3. The van der Waals surface area contributed by atoms with Gasteiger partial charge in [-0.3, -0.25) is 0 Å². The molecule has 2 N–H and O–H groups in total. The number of hydrogen-bond acceptors (Lipinski definition) is 4. The van der Waals surface area contributed by atoms with Crippen molar-refractivity contribution in [2.75, 3.05) is 27.4 Å². The van der Waals surface area contributed by atoms with E-state index < -0.39 is 0 Å². The van der Waals surface area contributed by atoms with Crippen molar-refractivity contribution in [3.05, 3.63) is 53.6 Å². The zero-order valence-electron chi connectivity index (χ0n) is 14.0. The second kappa shape index (κ2) is 8.44. The highest BCUT2D eigenvalue weighted by Gasteiger charge is 2.14. The summed E-state index contributed by atoms with van der Waals surface area (Å²) in [6.45, 7) is 3.28. The zero-order chi connectivity index (χ0) is 16.7. The third-order valence-electron chi connectivity index (χ3n) is 4.00. The third-order valence-corrected chi connectivity index (χ3v) is 4.00. The quantitative estimate of drug-likeness (QED) is 0.810. The van der Waals surface area contributed by atoms with Crippen LogP contribution in [0.4, 0.5) is 0 Å². The number of hydrogen-bond donors (Lipinski definition) is 1. The van der Waals surface area contributed by atoms with Gasteiger partial charge in [0.15, 0.2) is 11.5 Å². The maximum absolute atomic E-state index is 5.95. The molecule has 0 bridgehead atoms. The van der Waals surface area contributed by atoms with Crippen molar-refractivity contribution in [1.82, 2.24) is 0 Å². The van der Waals surface area contributed by atoms with Crippen LogP contribution in [0.15, 0.2) is 42.5 Å². The van der Waals surface area contributed by atoms with E-state index >= 15 is 0 Å². The summed E-state index contributed by atoms with van der Waals surface area (Å²) in [6, 6.07) is 14.0. The molecule has 1 unspecified atom stereocenters. The Balaban J connectivity index is 2.03. The number of nitrogens with two attached hydrogens (primary N) is 1. The molecule has 2 rings (SSSR count). The van der Waals surface area contributed by atoms with Crippen LogP contribution in [0.3, 0.4) is 0 Å². The second-order valence-electron chi connectivity index (χ2n) is 5.42. The lowest BCUT2D eigenvalue weighted by Crippen LogP contribution is -2.16. The van der Waals surface area contributed by atoms with Gasteiger partial charge in [-0.15, -0.1) is 0 Å². The van der Waals surface area contributed by atoms with Gasteiger partial charge in [0.05, 0.1) is 20.8 Å². The van der Waals surface area contributed by atoms with Crippen molar-refractivity contribution in [3.63, 3.8) is 0 Å². The molecule has 2 aromatic carbocycles. The molecule has 1 atom stereocenters. The van der Waals surface area contributed by atoms with Crippen molar-refractivity contribution < 1.29 is 14.2 Å². The van der Waals surface area contributed by atoms with Crippen molar-refractivity contribution in [2.24, 2.45) is 5.73 Å². The molecule has 0 heterocycles. The molecule has 0 saturated heterocycles. The molecule has 4 heteroatoms. The van der Waals surface area contributed by atoms with Crippen LogP contribution in [0.2, 0.25) is 0 Å². The van der Waals surface area contributed by atoms with Gasteiger partial charge in [-0.05, 0) is 49.1 Å². The zero-order valence-corrected chi connectivity index (χ0v) is 14.0. The Bertz CT molecular complexity index is 628.